The van der Waals surface area contributed by atoms with Crippen LogP contribution in [0.3, 0.4) is 0 Å². The van der Waals surface area contributed by atoms with Crippen LogP contribution in [0.2, 0.25) is 0 Å². The Balaban J connectivity index is 0.00000256. The van der Waals surface area contributed by atoms with Gasteiger partial charge in [0.05, 0.1) is 13.6 Å². The molecule has 17 heavy (non-hydrogen) atoms. The molecule has 6 nitrogen and oxygen atoms in total. The molecule has 0 saturated carbocycles. The van der Waals surface area contributed by atoms with Crippen molar-refractivity contribution in [1.82, 2.24) is 15.2 Å². The van der Waals surface area contributed by atoms with Crippen LogP contribution in [-0.4, -0.2) is 30.5 Å². The fraction of sp³-hybridized carbons (Fsp3) is 0.500. The van der Waals surface area contributed by atoms with Gasteiger partial charge in [-0.25, -0.2) is 9.13 Å². The van der Waals surface area contributed by atoms with Crippen LogP contribution < -0.4 is 27.6 Å². The number of amides is 2. The first kappa shape index (κ1) is 15.4. The lowest BCUT2D eigenvalue weighted by Gasteiger charge is -2.00. The minimum atomic E-state index is -0.270. The second-order valence-corrected chi connectivity index (χ2v) is 3.37. The predicted octanol–water partition coefficient (Wildman–Crippen LogP) is -3.94. The second kappa shape index (κ2) is 6.24. The summed E-state index contributed by atoms with van der Waals surface area (Å²) < 4.78 is 3.39. The number of hydrogen-bond donors (Lipinski definition) is 2. The van der Waals surface area contributed by atoms with Crippen molar-refractivity contribution in [3.63, 3.8) is 0 Å². The standard InChI is InChI=1S/C10H16N4O2.ClH/c1-5-14-6-13(4)7(9(15)11-2)8(14)10(16)12-3;/h6H,5H2,1-4H3,(H-,11,12,15,16);1H. The lowest BCUT2D eigenvalue weighted by Crippen LogP contribution is -3.00. The summed E-state index contributed by atoms with van der Waals surface area (Å²) in [5, 5.41) is 5.06. The molecule has 0 spiro atoms. The lowest BCUT2D eigenvalue weighted by atomic mass is 10.2. The number of halogens is 1. The van der Waals surface area contributed by atoms with E-state index in [1.165, 1.54) is 0 Å². The van der Waals surface area contributed by atoms with Crippen molar-refractivity contribution in [3.8, 4) is 0 Å². The van der Waals surface area contributed by atoms with E-state index in [0.29, 0.717) is 17.9 Å². The van der Waals surface area contributed by atoms with E-state index >= 15 is 0 Å². The first-order valence-electron chi connectivity index (χ1n) is 5.09. The molecule has 1 aromatic heterocycles. The Hall–Kier alpha value is -1.56. The highest BCUT2D eigenvalue weighted by Crippen LogP contribution is 2.05. The van der Waals surface area contributed by atoms with Gasteiger partial charge >= 0.3 is 0 Å². The third-order valence-electron chi connectivity index (χ3n) is 2.40. The molecule has 0 saturated heterocycles. The summed E-state index contributed by atoms with van der Waals surface area (Å²) in [5.74, 6) is -0.533. The Labute approximate surface area is 106 Å². The van der Waals surface area contributed by atoms with Crippen LogP contribution in [0.15, 0.2) is 6.33 Å². The summed E-state index contributed by atoms with van der Waals surface area (Å²) in [5.41, 5.74) is 0.746. The molecule has 0 fully saturated rings. The molecule has 7 heteroatoms. The molecular weight excluding hydrogens is 244 g/mol. The molecule has 0 bridgehead atoms. The van der Waals surface area contributed by atoms with E-state index in [-0.39, 0.29) is 24.2 Å². The highest BCUT2D eigenvalue weighted by molar-refractivity contribution is 6.03. The molecule has 0 aliphatic carbocycles. The molecule has 1 rings (SSSR count). The SMILES string of the molecule is CCn1c[n+](C)c(C(=O)NC)c1C(=O)NC.[Cl-]. The minimum Gasteiger partial charge on any atom is -1.00 e. The van der Waals surface area contributed by atoms with Crippen LogP contribution in [0.4, 0.5) is 0 Å². The molecule has 96 valence electrons. The number of aryl methyl sites for hydroxylation is 2. The average Bonchev–Trinajstić information content (AvgIpc) is 2.64. The first-order chi connectivity index (χ1) is 7.56. The van der Waals surface area contributed by atoms with Crippen LogP contribution in [0.25, 0.3) is 0 Å². The van der Waals surface area contributed by atoms with E-state index in [2.05, 4.69) is 10.6 Å². The van der Waals surface area contributed by atoms with Gasteiger partial charge in [-0.15, -0.1) is 0 Å². The van der Waals surface area contributed by atoms with Gasteiger partial charge in [-0.2, -0.15) is 0 Å². The molecule has 0 aliphatic rings. The highest BCUT2D eigenvalue weighted by Gasteiger charge is 2.30. The third kappa shape index (κ3) is 2.76. The van der Waals surface area contributed by atoms with Gasteiger partial charge in [0.1, 0.15) is 0 Å². The smallest absolute Gasteiger partial charge is 0.295 e. The van der Waals surface area contributed by atoms with E-state index in [0.717, 1.165) is 0 Å². The zero-order valence-corrected chi connectivity index (χ0v) is 11.1. The Bertz CT molecular complexity index is 428. The van der Waals surface area contributed by atoms with Gasteiger partial charge in [0.2, 0.25) is 17.7 Å². The summed E-state index contributed by atoms with van der Waals surface area (Å²) >= 11 is 0. The maximum absolute atomic E-state index is 11.7. The summed E-state index contributed by atoms with van der Waals surface area (Å²) in [6.07, 6.45) is 1.73. The Kier molecular flexibility index (Phi) is 5.67. The van der Waals surface area contributed by atoms with Crippen molar-refractivity contribution in [3.05, 3.63) is 17.7 Å². The van der Waals surface area contributed by atoms with Gasteiger partial charge in [0.25, 0.3) is 11.8 Å². The van der Waals surface area contributed by atoms with Gasteiger partial charge < -0.3 is 23.0 Å². The van der Waals surface area contributed by atoms with Crippen LogP contribution in [0.5, 0.6) is 0 Å². The van der Waals surface area contributed by atoms with E-state index in [9.17, 15) is 9.59 Å². The molecule has 1 aromatic rings. The fourth-order valence-corrected chi connectivity index (χ4v) is 1.61. The van der Waals surface area contributed by atoms with Crippen molar-refractivity contribution in [2.45, 2.75) is 13.5 Å². The van der Waals surface area contributed by atoms with Crippen molar-refractivity contribution in [2.24, 2.45) is 7.05 Å². The van der Waals surface area contributed by atoms with E-state index in [1.807, 2.05) is 6.92 Å². The van der Waals surface area contributed by atoms with Gasteiger partial charge in [-0.3, -0.25) is 9.59 Å². The van der Waals surface area contributed by atoms with Gasteiger partial charge in [0.15, 0.2) is 0 Å². The topological polar surface area (TPSA) is 67.0 Å². The van der Waals surface area contributed by atoms with Gasteiger partial charge in [0, 0.05) is 14.1 Å². The highest BCUT2D eigenvalue weighted by atomic mass is 35.5. The zero-order chi connectivity index (χ0) is 12.3. The number of rotatable bonds is 3. The second-order valence-electron chi connectivity index (χ2n) is 3.37. The first-order valence-corrected chi connectivity index (χ1v) is 5.09. The zero-order valence-electron chi connectivity index (χ0n) is 10.4. The Morgan fingerprint density at radius 3 is 2.24 bits per heavy atom. The van der Waals surface area contributed by atoms with Crippen LogP contribution in [0.1, 0.15) is 27.9 Å². The van der Waals surface area contributed by atoms with E-state index < -0.39 is 0 Å². The fourth-order valence-electron chi connectivity index (χ4n) is 1.61. The molecule has 0 unspecified atom stereocenters. The molecule has 2 amide bonds. The Morgan fingerprint density at radius 2 is 1.82 bits per heavy atom. The molecule has 0 radical (unpaired) electrons. The van der Waals surface area contributed by atoms with Crippen LogP contribution >= 0.6 is 0 Å². The quantitative estimate of drug-likeness (QED) is 0.545. The molecule has 1 heterocycles. The molecular formula is C10H17ClN4O2. The minimum absolute atomic E-state index is 0. The number of nitrogens with one attached hydrogen (secondary N) is 2. The maximum Gasteiger partial charge on any atom is 0.295 e. The van der Waals surface area contributed by atoms with Gasteiger partial charge in [-0.1, -0.05) is 0 Å². The Morgan fingerprint density at radius 1 is 1.29 bits per heavy atom. The van der Waals surface area contributed by atoms with Crippen LogP contribution in [-0.2, 0) is 13.6 Å². The van der Waals surface area contributed by atoms with Crippen molar-refractivity contribution in [1.29, 1.82) is 0 Å². The molecule has 0 aliphatic heterocycles. The number of imidazole rings is 1. The number of nitrogens with zero attached hydrogens (tertiary/aromatic N) is 2. The average molecular weight is 261 g/mol. The van der Waals surface area contributed by atoms with Crippen molar-refractivity contribution < 1.29 is 26.6 Å². The normalized spacial score (nSPS) is 9.41. The molecule has 0 aromatic carbocycles. The number of carbonyl (C=O) groups is 2. The summed E-state index contributed by atoms with van der Waals surface area (Å²) in [6, 6.07) is 0. The summed E-state index contributed by atoms with van der Waals surface area (Å²) in [4.78, 5) is 23.4. The van der Waals surface area contributed by atoms with Gasteiger partial charge in [-0.05, 0) is 6.92 Å². The van der Waals surface area contributed by atoms with Crippen LogP contribution in [0, 0.1) is 0 Å². The number of aromatic nitrogens is 2. The molecule has 0 atom stereocenters. The third-order valence-corrected chi connectivity index (χ3v) is 2.40. The molecule has 2 N–H and O–H groups in total. The lowest BCUT2D eigenvalue weighted by molar-refractivity contribution is -0.673. The monoisotopic (exact) mass is 260 g/mol. The van der Waals surface area contributed by atoms with E-state index in [4.69, 9.17) is 0 Å². The number of carbonyl (C=O) groups excluding carboxylic acids is 2. The predicted molar refractivity (Wildman–Crippen MR) is 58.1 cm³/mol. The summed E-state index contributed by atoms with van der Waals surface area (Å²) in [6.45, 7) is 2.55. The maximum atomic E-state index is 11.7. The van der Waals surface area contributed by atoms with Crippen molar-refractivity contribution in [2.75, 3.05) is 14.1 Å². The summed E-state index contributed by atoms with van der Waals surface area (Å²) in [7, 11) is 4.82. The number of hydrogen-bond acceptors (Lipinski definition) is 2. The largest absolute Gasteiger partial charge is 1.00 e. The van der Waals surface area contributed by atoms with Crippen molar-refractivity contribution >= 4 is 11.8 Å². The van der Waals surface area contributed by atoms with E-state index in [1.54, 1.807) is 36.6 Å².